The van der Waals surface area contributed by atoms with Gasteiger partial charge in [0.2, 0.25) is 5.91 Å². The van der Waals surface area contributed by atoms with Gasteiger partial charge >= 0.3 is 0 Å². The molecule has 0 aliphatic carbocycles. The van der Waals surface area contributed by atoms with Crippen LogP contribution < -0.4 is 0 Å². The highest BCUT2D eigenvalue weighted by Gasteiger charge is 2.41. The minimum atomic E-state index is -0.512. The van der Waals surface area contributed by atoms with E-state index in [4.69, 9.17) is 34.8 Å². The summed E-state index contributed by atoms with van der Waals surface area (Å²) in [5.41, 5.74) is 1.01. The van der Waals surface area contributed by atoms with Crippen LogP contribution in [0.5, 0.6) is 0 Å². The van der Waals surface area contributed by atoms with Gasteiger partial charge in [0, 0.05) is 29.4 Å². The summed E-state index contributed by atoms with van der Waals surface area (Å²) >= 11 is 18.4. The van der Waals surface area contributed by atoms with Crippen LogP contribution >= 0.6 is 34.8 Å². The van der Waals surface area contributed by atoms with Gasteiger partial charge in [-0.05, 0) is 24.1 Å². The first-order valence-corrected chi connectivity index (χ1v) is 7.59. The molecule has 3 unspecified atom stereocenters. The van der Waals surface area contributed by atoms with Gasteiger partial charge in [0.15, 0.2) is 0 Å². The number of nitrogens with zero attached hydrogens (tertiary/aromatic N) is 1. The van der Waals surface area contributed by atoms with Crippen molar-refractivity contribution in [3.63, 3.8) is 0 Å². The molecule has 0 radical (unpaired) electrons. The van der Waals surface area contributed by atoms with Crippen LogP contribution in [0.4, 0.5) is 0 Å². The van der Waals surface area contributed by atoms with Crippen molar-refractivity contribution >= 4 is 40.7 Å². The number of likely N-dealkylation sites (tertiary alicyclic amines) is 1. The van der Waals surface area contributed by atoms with Crippen molar-refractivity contribution in [3.8, 4) is 0 Å². The highest BCUT2D eigenvalue weighted by molar-refractivity contribution is 6.32. The maximum atomic E-state index is 12.1. The van der Waals surface area contributed by atoms with Gasteiger partial charge in [0.25, 0.3) is 0 Å². The molecular weight excluding hydrogens is 305 g/mol. The number of carbonyl (C=O) groups excluding carboxylic acids is 1. The Morgan fingerprint density at radius 3 is 2.84 bits per heavy atom. The Kier molecular flexibility index (Phi) is 4.99. The molecule has 2 nitrogen and oxygen atoms in total. The summed E-state index contributed by atoms with van der Waals surface area (Å²) in [6, 6.07) is 7.51. The number of hydrogen-bond acceptors (Lipinski definition) is 1. The van der Waals surface area contributed by atoms with E-state index in [9.17, 15) is 4.79 Å². The summed E-state index contributed by atoms with van der Waals surface area (Å²) in [6.07, 6.45) is 0.813. The summed E-state index contributed by atoms with van der Waals surface area (Å²) in [7, 11) is 0. The molecule has 1 aromatic carbocycles. The topological polar surface area (TPSA) is 20.3 Å². The number of benzene rings is 1. The minimum Gasteiger partial charge on any atom is -0.337 e. The van der Waals surface area contributed by atoms with Crippen molar-refractivity contribution in [2.75, 3.05) is 6.54 Å². The van der Waals surface area contributed by atoms with E-state index in [1.807, 2.05) is 31.2 Å². The second kappa shape index (κ2) is 6.34. The summed E-state index contributed by atoms with van der Waals surface area (Å²) < 4.78 is 0. The number of amides is 1. The second-order valence-corrected chi connectivity index (χ2v) is 6.31. The normalized spacial score (nSPS) is 24.8. The molecule has 0 N–H and O–H groups in total. The van der Waals surface area contributed by atoms with Crippen LogP contribution in [0.1, 0.15) is 18.9 Å². The summed E-state index contributed by atoms with van der Waals surface area (Å²) in [5, 5.41) is 0.101. The Labute approximate surface area is 128 Å². The van der Waals surface area contributed by atoms with Crippen LogP contribution in [0.3, 0.4) is 0 Å². The number of carbonyl (C=O) groups is 1. The molecule has 1 aliphatic rings. The van der Waals surface area contributed by atoms with E-state index in [-0.39, 0.29) is 17.2 Å². The van der Waals surface area contributed by atoms with Gasteiger partial charge in [0.05, 0.1) is 0 Å². The SMILES string of the molecule is CCC(Cl)C1CN(Cc2cccc(Cl)c2)C(=O)C1Cl. The predicted molar refractivity (Wildman–Crippen MR) is 79.9 cm³/mol. The third-order valence-electron chi connectivity index (χ3n) is 3.47. The number of alkyl halides is 2. The standard InChI is InChI=1S/C14H16Cl3NO/c1-2-12(16)11-8-18(14(19)13(11)17)7-9-4-3-5-10(15)6-9/h3-6,11-13H,2,7-8H2,1H3. The molecule has 0 aromatic heterocycles. The molecule has 104 valence electrons. The predicted octanol–water partition coefficient (Wildman–Crippen LogP) is 3.92. The largest absolute Gasteiger partial charge is 0.337 e. The van der Waals surface area contributed by atoms with Crippen molar-refractivity contribution in [3.05, 3.63) is 34.9 Å². The van der Waals surface area contributed by atoms with E-state index >= 15 is 0 Å². The molecule has 0 bridgehead atoms. The third-order valence-corrected chi connectivity index (χ3v) is 4.85. The first-order valence-electron chi connectivity index (χ1n) is 6.34. The molecule has 5 heteroatoms. The zero-order valence-electron chi connectivity index (χ0n) is 10.7. The fourth-order valence-electron chi connectivity index (χ4n) is 2.39. The van der Waals surface area contributed by atoms with E-state index in [1.165, 1.54) is 0 Å². The average molecular weight is 321 g/mol. The van der Waals surface area contributed by atoms with Gasteiger partial charge in [-0.1, -0.05) is 30.7 Å². The van der Waals surface area contributed by atoms with Crippen LogP contribution in [0.25, 0.3) is 0 Å². The molecule has 0 saturated carbocycles. The molecule has 3 atom stereocenters. The number of rotatable bonds is 4. The van der Waals surface area contributed by atoms with Crippen LogP contribution in [0.15, 0.2) is 24.3 Å². The van der Waals surface area contributed by atoms with Crippen LogP contribution in [0, 0.1) is 5.92 Å². The van der Waals surface area contributed by atoms with Crippen molar-refractivity contribution in [1.82, 2.24) is 4.90 Å². The molecule has 1 fully saturated rings. The molecule has 19 heavy (non-hydrogen) atoms. The van der Waals surface area contributed by atoms with Gasteiger partial charge < -0.3 is 4.90 Å². The van der Waals surface area contributed by atoms with Crippen molar-refractivity contribution in [1.29, 1.82) is 0 Å². The van der Waals surface area contributed by atoms with Gasteiger partial charge in [-0.15, -0.1) is 23.2 Å². The first-order chi connectivity index (χ1) is 9.02. The first kappa shape index (κ1) is 15.0. The van der Waals surface area contributed by atoms with Crippen molar-refractivity contribution < 1.29 is 4.79 Å². The Hall–Kier alpha value is -0.440. The van der Waals surface area contributed by atoms with Gasteiger partial charge in [-0.2, -0.15) is 0 Å². The number of halogens is 3. The zero-order valence-corrected chi connectivity index (χ0v) is 12.9. The Balaban J connectivity index is 2.08. The number of hydrogen-bond donors (Lipinski definition) is 0. The van der Waals surface area contributed by atoms with Gasteiger partial charge in [0.1, 0.15) is 5.38 Å². The maximum Gasteiger partial charge on any atom is 0.241 e. The molecule has 1 aromatic rings. The van der Waals surface area contributed by atoms with E-state index in [1.54, 1.807) is 4.90 Å². The molecule has 2 rings (SSSR count). The molecule has 1 saturated heterocycles. The lowest BCUT2D eigenvalue weighted by Crippen LogP contribution is -2.27. The molecule has 0 spiro atoms. The third kappa shape index (κ3) is 3.36. The zero-order chi connectivity index (χ0) is 14.0. The fraction of sp³-hybridized carbons (Fsp3) is 0.500. The second-order valence-electron chi connectivity index (χ2n) is 4.84. The Morgan fingerprint density at radius 2 is 2.21 bits per heavy atom. The fourth-order valence-corrected chi connectivity index (χ4v) is 3.30. The van der Waals surface area contributed by atoms with Crippen molar-refractivity contribution in [2.24, 2.45) is 5.92 Å². The summed E-state index contributed by atoms with van der Waals surface area (Å²) in [4.78, 5) is 13.9. The van der Waals surface area contributed by atoms with Crippen LogP contribution in [-0.2, 0) is 11.3 Å². The quantitative estimate of drug-likeness (QED) is 0.770. The molecule has 1 heterocycles. The van der Waals surface area contributed by atoms with Crippen LogP contribution in [-0.4, -0.2) is 28.1 Å². The molecule has 1 amide bonds. The summed E-state index contributed by atoms with van der Waals surface area (Å²) in [5.74, 6) is -0.0224. The average Bonchev–Trinajstić information content (AvgIpc) is 2.66. The highest BCUT2D eigenvalue weighted by Crippen LogP contribution is 2.31. The van der Waals surface area contributed by atoms with Gasteiger partial charge in [-0.3, -0.25) is 4.79 Å². The van der Waals surface area contributed by atoms with Crippen LogP contribution in [0.2, 0.25) is 5.02 Å². The molecular formula is C14H16Cl3NO. The highest BCUT2D eigenvalue weighted by atomic mass is 35.5. The lowest BCUT2D eigenvalue weighted by molar-refractivity contribution is -0.127. The Morgan fingerprint density at radius 1 is 1.47 bits per heavy atom. The summed E-state index contributed by atoms with van der Waals surface area (Å²) in [6.45, 7) is 3.15. The van der Waals surface area contributed by atoms with Crippen molar-refractivity contribution in [2.45, 2.75) is 30.6 Å². The maximum absolute atomic E-state index is 12.1. The minimum absolute atomic E-state index is 0.0139. The monoisotopic (exact) mass is 319 g/mol. The van der Waals surface area contributed by atoms with E-state index < -0.39 is 5.38 Å². The van der Waals surface area contributed by atoms with E-state index in [2.05, 4.69) is 0 Å². The lowest BCUT2D eigenvalue weighted by atomic mass is 10.0. The Bertz CT molecular complexity index is 466. The molecule has 1 aliphatic heterocycles. The smallest absolute Gasteiger partial charge is 0.241 e. The van der Waals surface area contributed by atoms with E-state index in [0.29, 0.717) is 18.1 Å². The van der Waals surface area contributed by atoms with E-state index in [0.717, 1.165) is 12.0 Å². The van der Waals surface area contributed by atoms with Gasteiger partial charge in [-0.25, -0.2) is 0 Å². The lowest BCUT2D eigenvalue weighted by Gasteiger charge is -2.18.